The predicted molar refractivity (Wildman–Crippen MR) is 54.8 cm³/mol. The van der Waals surface area contributed by atoms with Crippen LogP contribution in [-0.4, -0.2) is 28.5 Å². The number of carbonyl (C=O) groups is 2. The van der Waals surface area contributed by atoms with Crippen LogP contribution >= 0.6 is 0 Å². The van der Waals surface area contributed by atoms with Crippen LogP contribution < -0.4 is 5.73 Å². The number of rotatable bonds is 0. The number of hydrogen-bond donors (Lipinski definition) is 1. The highest BCUT2D eigenvalue weighted by Gasteiger charge is 2.35. The Labute approximate surface area is 88.9 Å². The fraction of sp³-hybridized carbons (Fsp3) is 0.600. The van der Waals surface area contributed by atoms with E-state index in [2.05, 4.69) is 0 Å². The summed E-state index contributed by atoms with van der Waals surface area (Å²) >= 11 is 0. The van der Waals surface area contributed by atoms with E-state index in [1.54, 1.807) is 27.7 Å². The Hall–Kier alpha value is -1.52. The molecule has 0 saturated carbocycles. The van der Waals surface area contributed by atoms with Crippen LogP contribution in [0.1, 0.15) is 27.7 Å². The minimum absolute atomic E-state index is 0.380. The topological polar surface area (TPSA) is 72.6 Å². The van der Waals surface area contributed by atoms with E-state index in [-0.39, 0.29) is 0 Å². The zero-order valence-electron chi connectivity index (χ0n) is 9.40. The van der Waals surface area contributed by atoms with Gasteiger partial charge in [0.05, 0.1) is 6.04 Å². The number of nitrogens with zero attached hydrogens (tertiary/aromatic N) is 1. The lowest BCUT2D eigenvalue weighted by Gasteiger charge is -2.26. The maximum atomic E-state index is 11.6. The molecule has 0 fully saturated rings. The fourth-order valence-corrected chi connectivity index (χ4v) is 1.23. The fourth-order valence-electron chi connectivity index (χ4n) is 1.23. The summed E-state index contributed by atoms with van der Waals surface area (Å²) in [5.41, 5.74) is 5.32. The Morgan fingerprint density at radius 3 is 2.40 bits per heavy atom. The smallest absolute Gasteiger partial charge is 0.417 e. The molecular weight excluding hydrogens is 196 g/mol. The summed E-state index contributed by atoms with van der Waals surface area (Å²) in [4.78, 5) is 24.0. The van der Waals surface area contributed by atoms with Gasteiger partial charge in [0, 0.05) is 11.8 Å². The Balaban J connectivity index is 2.75. The normalized spacial score (nSPS) is 21.6. The largest absolute Gasteiger partial charge is 0.443 e. The van der Waals surface area contributed by atoms with E-state index in [9.17, 15) is 9.59 Å². The van der Waals surface area contributed by atoms with Crippen LogP contribution in [0, 0.1) is 0 Å². The van der Waals surface area contributed by atoms with Crippen LogP contribution in [0.4, 0.5) is 4.79 Å². The van der Waals surface area contributed by atoms with Crippen molar-refractivity contribution in [3.05, 3.63) is 11.8 Å². The standard InChI is InChI=1S/C10H16N2O3/c1-6-7(11)5-8(13)12(6)9(14)15-10(2,3)4/h5-6H,11H2,1-4H3/t6-/m1/s1. The van der Waals surface area contributed by atoms with Crippen molar-refractivity contribution in [3.63, 3.8) is 0 Å². The van der Waals surface area contributed by atoms with Crippen LogP contribution in [-0.2, 0) is 9.53 Å². The molecule has 0 bridgehead atoms. The highest BCUT2D eigenvalue weighted by atomic mass is 16.6. The third-order valence-corrected chi connectivity index (χ3v) is 1.99. The number of nitrogens with two attached hydrogens (primary N) is 1. The lowest BCUT2D eigenvalue weighted by Crippen LogP contribution is -2.43. The van der Waals surface area contributed by atoms with Crippen molar-refractivity contribution in [2.75, 3.05) is 0 Å². The number of hydrogen-bond acceptors (Lipinski definition) is 4. The number of imide groups is 1. The second-order valence-electron chi connectivity index (χ2n) is 4.51. The molecular formula is C10H16N2O3. The van der Waals surface area contributed by atoms with Crippen LogP contribution in [0.25, 0.3) is 0 Å². The summed E-state index contributed by atoms with van der Waals surface area (Å²) in [5, 5.41) is 0. The molecule has 5 nitrogen and oxygen atoms in total. The van der Waals surface area contributed by atoms with Crippen molar-refractivity contribution in [1.29, 1.82) is 0 Å². The van der Waals surface area contributed by atoms with Gasteiger partial charge in [-0.25, -0.2) is 9.69 Å². The van der Waals surface area contributed by atoms with E-state index in [4.69, 9.17) is 10.5 Å². The lowest BCUT2D eigenvalue weighted by molar-refractivity contribution is -0.125. The highest BCUT2D eigenvalue weighted by Crippen LogP contribution is 2.19. The van der Waals surface area contributed by atoms with Gasteiger partial charge in [0.15, 0.2) is 0 Å². The van der Waals surface area contributed by atoms with Gasteiger partial charge in [0.25, 0.3) is 5.91 Å². The van der Waals surface area contributed by atoms with Gasteiger partial charge in [0.2, 0.25) is 0 Å². The Kier molecular flexibility index (Phi) is 2.75. The Bertz CT molecular complexity index is 328. The average molecular weight is 212 g/mol. The molecule has 15 heavy (non-hydrogen) atoms. The van der Waals surface area contributed by atoms with Gasteiger partial charge in [-0.3, -0.25) is 4.79 Å². The minimum Gasteiger partial charge on any atom is -0.443 e. The third-order valence-electron chi connectivity index (χ3n) is 1.99. The highest BCUT2D eigenvalue weighted by molar-refractivity contribution is 6.02. The maximum absolute atomic E-state index is 11.6. The van der Waals surface area contributed by atoms with Gasteiger partial charge in [0.1, 0.15) is 5.60 Å². The van der Waals surface area contributed by atoms with Gasteiger partial charge < -0.3 is 10.5 Å². The summed E-state index contributed by atoms with van der Waals surface area (Å²) in [5.74, 6) is -0.422. The monoisotopic (exact) mass is 212 g/mol. The molecule has 5 heteroatoms. The first-order valence-corrected chi connectivity index (χ1v) is 4.75. The molecule has 0 aromatic rings. The molecule has 0 radical (unpaired) electrons. The van der Waals surface area contributed by atoms with Crippen molar-refractivity contribution in [1.82, 2.24) is 4.90 Å². The number of ether oxygens (including phenoxy) is 1. The molecule has 0 aromatic heterocycles. The summed E-state index contributed by atoms with van der Waals surface area (Å²) in [6, 6.07) is -0.424. The van der Waals surface area contributed by atoms with E-state index in [0.717, 1.165) is 4.90 Å². The van der Waals surface area contributed by atoms with Crippen LogP contribution in [0.2, 0.25) is 0 Å². The molecule has 2 amide bonds. The Morgan fingerprint density at radius 2 is 2.07 bits per heavy atom. The maximum Gasteiger partial charge on any atom is 0.417 e. The quantitative estimate of drug-likeness (QED) is 0.650. The molecule has 0 spiro atoms. The van der Waals surface area contributed by atoms with E-state index < -0.39 is 23.6 Å². The van der Waals surface area contributed by atoms with Gasteiger partial charge in [-0.2, -0.15) is 0 Å². The molecule has 1 rings (SSSR count). The first-order valence-electron chi connectivity index (χ1n) is 4.75. The number of amides is 2. The average Bonchev–Trinajstić information content (AvgIpc) is 2.22. The SMILES string of the molecule is C[C@@H]1C(N)=CC(=O)N1C(=O)OC(C)(C)C. The lowest BCUT2D eigenvalue weighted by atomic mass is 10.2. The van der Waals surface area contributed by atoms with Crippen LogP contribution in [0.3, 0.4) is 0 Å². The molecule has 0 unspecified atom stereocenters. The first-order chi connectivity index (χ1) is 6.72. The van der Waals surface area contributed by atoms with E-state index in [1.807, 2.05) is 0 Å². The Morgan fingerprint density at radius 1 is 1.53 bits per heavy atom. The van der Waals surface area contributed by atoms with E-state index in [0.29, 0.717) is 5.70 Å². The van der Waals surface area contributed by atoms with Crippen molar-refractivity contribution < 1.29 is 14.3 Å². The second-order valence-corrected chi connectivity index (χ2v) is 4.51. The van der Waals surface area contributed by atoms with Crippen LogP contribution in [0.5, 0.6) is 0 Å². The summed E-state index contributed by atoms with van der Waals surface area (Å²) in [6.45, 7) is 6.91. The molecule has 1 aliphatic heterocycles. The van der Waals surface area contributed by atoms with E-state index in [1.165, 1.54) is 6.08 Å². The molecule has 1 heterocycles. The van der Waals surface area contributed by atoms with Crippen molar-refractivity contribution in [2.24, 2.45) is 5.73 Å². The van der Waals surface area contributed by atoms with Crippen molar-refractivity contribution >= 4 is 12.0 Å². The summed E-state index contributed by atoms with van der Waals surface area (Å²) < 4.78 is 5.09. The van der Waals surface area contributed by atoms with Crippen molar-refractivity contribution in [2.45, 2.75) is 39.3 Å². The van der Waals surface area contributed by atoms with Gasteiger partial charge in [-0.15, -0.1) is 0 Å². The molecule has 84 valence electrons. The molecule has 1 atom stereocenters. The van der Waals surface area contributed by atoms with Crippen LogP contribution in [0.15, 0.2) is 11.8 Å². The minimum atomic E-state index is -0.656. The molecule has 0 saturated heterocycles. The zero-order valence-corrected chi connectivity index (χ0v) is 9.40. The first kappa shape index (κ1) is 11.6. The second kappa shape index (κ2) is 3.56. The zero-order chi connectivity index (χ0) is 11.8. The summed E-state index contributed by atoms with van der Waals surface area (Å²) in [7, 11) is 0. The summed E-state index contributed by atoms with van der Waals surface area (Å²) in [6.07, 6.45) is 0.589. The van der Waals surface area contributed by atoms with Gasteiger partial charge in [-0.05, 0) is 27.7 Å². The molecule has 2 N–H and O–H groups in total. The van der Waals surface area contributed by atoms with Gasteiger partial charge >= 0.3 is 6.09 Å². The molecule has 1 aliphatic rings. The number of carbonyl (C=O) groups excluding carboxylic acids is 2. The predicted octanol–water partition coefficient (Wildman–Crippen LogP) is 0.995. The molecule has 0 aromatic carbocycles. The van der Waals surface area contributed by atoms with Gasteiger partial charge in [-0.1, -0.05) is 0 Å². The molecule has 0 aliphatic carbocycles. The third kappa shape index (κ3) is 2.49. The van der Waals surface area contributed by atoms with E-state index >= 15 is 0 Å². The van der Waals surface area contributed by atoms with Crippen molar-refractivity contribution in [3.8, 4) is 0 Å².